The van der Waals surface area contributed by atoms with Crippen LogP contribution in [0.3, 0.4) is 0 Å². The molecule has 1 rings (SSSR count). The van der Waals surface area contributed by atoms with E-state index in [9.17, 15) is 9.59 Å². The summed E-state index contributed by atoms with van der Waals surface area (Å²) in [6.07, 6.45) is 3.38. The molecule has 0 radical (unpaired) electrons. The fourth-order valence-corrected chi connectivity index (χ4v) is 1.98. The van der Waals surface area contributed by atoms with Crippen molar-refractivity contribution in [3.63, 3.8) is 0 Å². The number of amides is 2. The third-order valence-electron chi connectivity index (χ3n) is 3.07. The summed E-state index contributed by atoms with van der Waals surface area (Å²) in [4.78, 5) is 24.5. The summed E-state index contributed by atoms with van der Waals surface area (Å²) in [5.74, 6) is 0.334. The maximum Gasteiger partial charge on any atom is 0.241 e. The number of hydrogen-bond acceptors (Lipinski definition) is 3. The molecule has 1 aliphatic rings. The van der Waals surface area contributed by atoms with E-state index in [4.69, 9.17) is 5.73 Å². The maximum absolute atomic E-state index is 11.8. The molecule has 0 bridgehead atoms. The van der Waals surface area contributed by atoms with Gasteiger partial charge in [0.25, 0.3) is 0 Å². The Morgan fingerprint density at radius 2 is 2.18 bits per heavy atom. The molecule has 1 saturated heterocycles. The van der Waals surface area contributed by atoms with E-state index in [1.807, 2.05) is 4.90 Å². The Morgan fingerprint density at radius 3 is 2.76 bits per heavy atom. The largest absolute Gasteiger partial charge is 0.346 e. The standard InChI is InChI=1S/C11H21N3O2.ClH/c1-2-9-4-3-5-14(8-9)11(16)7-13-10(15)6-12;/h9H,2-8,12H2,1H3,(H,13,15);1H. The quantitative estimate of drug-likeness (QED) is 0.757. The van der Waals surface area contributed by atoms with Gasteiger partial charge in [-0.3, -0.25) is 9.59 Å². The van der Waals surface area contributed by atoms with Gasteiger partial charge in [-0.25, -0.2) is 0 Å². The van der Waals surface area contributed by atoms with Crippen LogP contribution in [0.15, 0.2) is 0 Å². The van der Waals surface area contributed by atoms with Crippen LogP contribution >= 0.6 is 12.4 Å². The Hall–Kier alpha value is -0.810. The van der Waals surface area contributed by atoms with Gasteiger partial charge >= 0.3 is 0 Å². The van der Waals surface area contributed by atoms with Gasteiger partial charge in [0.05, 0.1) is 13.1 Å². The van der Waals surface area contributed by atoms with E-state index in [-0.39, 0.29) is 37.3 Å². The molecule has 0 aromatic heterocycles. The highest BCUT2D eigenvalue weighted by Crippen LogP contribution is 2.18. The third-order valence-corrected chi connectivity index (χ3v) is 3.07. The zero-order valence-electron chi connectivity index (χ0n) is 10.3. The van der Waals surface area contributed by atoms with Crippen LogP contribution in [0, 0.1) is 5.92 Å². The second-order valence-electron chi connectivity index (χ2n) is 4.24. The average molecular weight is 264 g/mol. The Morgan fingerprint density at radius 1 is 1.47 bits per heavy atom. The normalized spacial score (nSPS) is 19.4. The molecule has 1 fully saturated rings. The van der Waals surface area contributed by atoms with E-state index in [2.05, 4.69) is 12.2 Å². The van der Waals surface area contributed by atoms with Crippen LogP contribution < -0.4 is 11.1 Å². The molecule has 5 nitrogen and oxygen atoms in total. The van der Waals surface area contributed by atoms with E-state index in [0.29, 0.717) is 5.92 Å². The molecule has 17 heavy (non-hydrogen) atoms. The maximum atomic E-state index is 11.8. The van der Waals surface area contributed by atoms with Gasteiger partial charge in [0.1, 0.15) is 0 Å². The highest BCUT2D eigenvalue weighted by atomic mass is 35.5. The van der Waals surface area contributed by atoms with Crippen molar-refractivity contribution in [2.24, 2.45) is 11.7 Å². The summed E-state index contributed by atoms with van der Waals surface area (Å²) in [6.45, 7) is 3.80. The van der Waals surface area contributed by atoms with Crippen molar-refractivity contribution in [3.05, 3.63) is 0 Å². The first kappa shape index (κ1) is 16.2. The van der Waals surface area contributed by atoms with Crippen LogP contribution in [-0.2, 0) is 9.59 Å². The van der Waals surface area contributed by atoms with Gasteiger partial charge in [-0.1, -0.05) is 13.3 Å². The van der Waals surface area contributed by atoms with Gasteiger partial charge in [-0.15, -0.1) is 12.4 Å². The first-order valence-corrected chi connectivity index (χ1v) is 5.92. The van der Waals surface area contributed by atoms with Crippen molar-refractivity contribution >= 4 is 24.2 Å². The predicted molar refractivity (Wildman–Crippen MR) is 68.9 cm³/mol. The zero-order chi connectivity index (χ0) is 12.0. The number of carbonyl (C=O) groups excluding carboxylic acids is 2. The van der Waals surface area contributed by atoms with Crippen LogP contribution in [0.2, 0.25) is 0 Å². The molecule has 6 heteroatoms. The molecular weight excluding hydrogens is 242 g/mol. The number of hydrogen-bond donors (Lipinski definition) is 2. The van der Waals surface area contributed by atoms with Gasteiger partial charge in [0, 0.05) is 13.1 Å². The minimum Gasteiger partial charge on any atom is -0.346 e. The highest BCUT2D eigenvalue weighted by molar-refractivity contribution is 5.85. The lowest BCUT2D eigenvalue weighted by Gasteiger charge is -2.32. The SMILES string of the molecule is CCC1CCCN(C(=O)CNC(=O)CN)C1.Cl. The molecule has 1 aliphatic heterocycles. The lowest BCUT2D eigenvalue weighted by Crippen LogP contribution is -2.45. The van der Waals surface area contributed by atoms with Crippen molar-refractivity contribution < 1.29 is 9.59 Å². The van der Waals surface area contributed by atoms with Gasteiger partial charge in [-0.05, 0) is 18.8 Å². The molecule has 1 unspecified atom stereocenters. The van der Waals surface area contributed by atoms with E-state index in [1.165, 1.54) is 6.42 Å². The highest BCUT2D eigenvalue weighted by Gasteiger charge is 2.22. The lowest BCUT2D eigenvalue weighted by atomic mass is 9.96. The minimum absolute atomic E-state index is 0. The van der Waals surface area contributed by atoms with Gasteiger partial charge in [0.2, 0.25) is 11.8 Å². The van der Waals surface area contributed by atoms with Crippen LogP contribution in [0.5, 0.6) is 0 Å². The number of nitrogens with two attached hydrogens (primary N) is 1. The fraction of sp³-hybridized carbons (Fsp3) is 0.818. The van der Waals surface area contributed by atoms with Crippen LogP contribution in [0.4, 0.5) is 0 Å². The zero-order valence-corrected chi connectivity index (χ0v) is 11.1. The Labute approximate surface area is 109 Å². The average Bonchev–Trinajstić information content (AvgIpc) is 2.35. The van der Waals surface area contributed by atoms with Gasteiger partial charge in [-0.2, -0.15) is 0 Å². The van der Waals surface area contributed by atoms with Crippen molar-refractivity contribution in [1.82, 2.24) is 10.2 Å². The minimum atomic E-state index is -0.280. The number of carbonyl (C=O) groups is 2. The predicted octanol–water partition coefficient (Wildman–Crippen LogP) is 0.132. The molecule has 2 amide bonds. The first-order valence-electron chi connectivity index (χ1n) is 5.92. The number of piperidine rings is 1. The summed E-state index contributed by atoms with van der Waals surface area (Å²) in [7, 11) is 0. The second kappa shape index (κ2) is 8.31. The summed E-state index contributed by atoms with van der Waals surface area (Å²) < 4.78 is 0. The molecule has 1 atom stereocenters. The number of halogens is 1. The lowest BCUT2D eigenvalue weighted by molar-refractivity contribution is -0.134. The van der Waals surface area contributed by atoms with Crippen LogP contribution in [-0.4, -0.2) is 42.9 Å². The molecule has 0 saturated carbocycles. The van der Waals surface area contributed by atoms with E-state index in [0.717, 1.165) is 25.9 Å². The van der Waals surface area contributed by atoms with E-state index >= 15 is 0 Å². The Balaban J connectivity index is 0.00000256. The Bertz CT molecular complexity index is 261. The molecule has 3 N–H and O–H groups in total. The Kier molecular flexibility index (Phi) is 7.91. The van der Waals surface area contributed by atoms with E-state index < -0.39 is 0 Å². The summed E-state index contributed by atoms with van der Waals surface area (Å²) >= 11 is 0. The molecule has 0 aromatic carbocycles. The van der Waals surface area contributed by atoms with Crippen molar-refractivity contribution in [3.8, 4) is 0 Å². The first-order chi connectivity index (χ1) is 7.67. The van der Waals surface area contributed by atoms with Crippen molar-refractivity contribution in [2.75, 3.05) is 26.2 Å². The smallest absolute Gasteiger partial charge is 0.241 e. The molecule has 100 valence electrons. The molecule has 0 aliphatic carbocycles. The molecule has 0 spiro atoms. The molecule has 1 heterocycles. The number of nitrogens with zero attached hydrogens (tertiary/aromatic N) is 1. The van der Waals surface area contributed by atoms with Crippen molar-refractivity contribution in [1.29, 1.82) is 0 Å². The number of likely N-dealkylation sites (tertiary alicyclic amines) is 1. The fourth-order valence-electron chi connectivity index (χ4n) is 1.98. The summed E-state index contributed by atoms with van der Waals surface area (Å²) in [6, 6.07) is 0. The number of rotatable bonds is 4. The topological polar surface area (TPSA) is 75.4 Å². The van der Waals surface area contributed by atoms with Crippen molar-refractivity contribution in [2.45, 2.75) is 26.2 Å². The van der Waals surface area contributed by atoms with Gasteiger partial charge in [0.15, 0.2) is 0 Å². The third kappa shape index (κ3) is 5.37. The molecule has 0 aromatic rings. The monoisotopic (exact) mass is 263 g/mol. The number of nitrogens with one attached hydrogen (secondary N) is 1. The molecular formula is C11H22ClN3O2. The van der Waals surface area contributed by atoms with E-state index in [1.54, 1.807) is 0 Å². The summed E-state index contributed by atoms with van der Waals surface area (Å²) in [5, 5.41) is 2.51. The van der Waals surface area contributed by atoms with Gasteiger partial charge < -0.3 is 16.0 Å². The van der Waals surface area contributed by atoms with Crippen LogP contribution in [0.25, 0.3) is 0 Å². The second-order valence-corrected chi connectivity index (χ2v) is 4.24. The van der Waals surface area contributed by atoms with Crippen LogP contribution in [0.1, 0.15) is 26.2 Å². The summed E-state index contributed by atoms with van der Waals surface area (Å²) in [5.41, 5.74) is 5.14.